The second-order valence-electron chi connectivity index (χ2n) is 5.49. The van der Waals surface area contributed by atoms with Crippen LogP contribution in [0.15, 0.2) is 30.3 Å². The van der Waals surface area contributed by atoms with E-state index in [1.54, 1.807) is 0 Å². The van der Waals surface area contributed by atoms with E-state index in [0.717, 1.165) is 23.7 Å². The lowest BCUT2D eigenvalue weighted by Gasteiger charge is -2.11. The van der Waals surface area contributed by atoms with Crippen LogP contribution in [0.4, 0.5) is 17.5 Å². The lowest BCUT2D eigenvalue weighted by molar-refractivity contribution is 0.684. The third-order valence-corrected chi connectivity index (χ3v) is 2.81. The largest absolute Gasteiger partial charge is 0.354 e. The zero-order valence-electron chi connectivity index (χ0n) is 12.6. The van der Waals surface area contributed by atoms with Gasteiger partial charge in [0, 0.05) is 24.0 Å². The number of aryl methyl sites for hydroxylation is 2. The Morgan fingerprint density at radius 1 is 1.10 bits per heavy atom. The van der Waals surface area contributed by atoms with Crippen molar-refractivity contribution in [3.05, 3.63) is 41.6 Å². The van der Waals surface area contributed by atoms with Crippen molar-refractivity contribution in [2.45, 2.75) is 27.7 Å². The summed E-state index contributed by atoms with van der Waals surface area (Å²) in [7, 11) is 0. The SMILES string of the molecule is Cc1cccc(Nc2cc(C)nc(NCC(C)C)n2)c1. The highest BCUT2D eigenvalue weighted by Gasteiger charge is 2.03. The molecule has 2 N–H and O–H groups in total. The van der Waals surface area contributed by atoms with E-state index in [-0.39, 0.29) is 0 Å². The second-order valence-corrected chi connectivity index (χ2v) is 5.49. The van der Waals surface area contributed by atoms with Crippen LogP contribution >= 0.6 is 0 Å². The fourth-order valence-electron chi connectivity index (χ4n) is 1.88. The summed E-state index contributed by atoms with van der Waals surface area (Å²) in [6.07, 6.45) is 0. The molecule has 0 aliphatic rings. The number of aromatic nitrogens is 2. The van der Waals surface area contributed by atoms with E-state index in [1.165, 1.54) is 5.56 Å². The molecule has 20 heavy (non-hydrogen) atoms. The van der Waals surface area contributed by atoms with Gasteiger partial charge in [-0.25, -0.2) is 4.98 Å². The first-order chi connectivity index (χ1) is 9.52. The highest BCUT2D eigenvalue weighted by molar-refractivity contribution is 5.58. The van der Waals surface area contributed by atoms with Gasteiger partial charge in [0.1, 0.15) is 5.82 Å². The van der Waals surface area contributed by atoms with Crippen LogP contribution < -0.4 is 10.6 Å². The number of anilines is 3. The predicted octanol–water partition coefficient (Wildman–Crippen LogP) is 3.90. The Labute approximate surface area is 120 Å². The highest BCUT2D eigenvalue weighted by atomic mass is 15.1. The number of hydrogen-bond acceptors (Lipinski definition) is 4. The quantitative estimate of drug-likeness (QED) is 0.865. The van der Waals surface area contributed by atoms with Gasteiger partial charge in [0.25, 0.3) is 0 Å². The van der Waals surface area contributed by atoms with Gasteiger partial charge in [-0.2, -0.15) is 4.98 Å². The molecule has 0 saturated heterocycles. The summed E-state index contributed by atoms with van der Waals surface area (Å²) in [5.41, 5.74) is 3.21. The molecular weight excluding hydrogens is 248 g/mol. The van der Waals surface area contributed by atoms with Crippen LogP contribution in [-0.4, -0.2) is 16.5 Å². The lowest BCUT2D eigenvalue weighted by Crippen LogP contribution is -2.11. The minimum absolute atomic E-state index is 0.562. The van der Waals surface area contributed by atoms with Gasteiger partial charge in [-0.15, -0.1) is 0 Å². The van der Waals surface area contributed by atoms with Gasteiger partial charge >= 0.3 is 0 Å². The third kappa shape index (κ3) is 4.23. The predicted molar refractivity (Wildman–Crippen MR) is 84.6 cm³/mol. The molecule has 106 valence electrons. The van der Waals surface area contributed by atoms with Crippen LogP contribution in [0.25, 0.3) is 0 Å². The first-order valence-electron chi connectivity index (χ1n) is 6.96. The first kappa shape index (κ1) is 14.3. The summed E-state index contributed by atoms with van der Waals surface area (Å²) < 4.78 is 0. The van der Waals surface area contributed by atoms with Gasteiger partial charge in [-0.05, 0) is 37.5 Å². The summed E-state index contributed by atoms with van der Waals surface area (Å²) in [5.74, 6) is 2.05. The Morgan fingerprint density at radius 3 is 2.60 bits per heavy atom. The fraction of sp³-hybridized carbons (Fsp3) is 0.375. The monoisotopic (exact) mass is 270 g/mol. The van der Waals surface area contributed by atoms with E-state index in [2.05, 4.69) is 53.5 Å². The normalized spacial score (nSPS) is 10.7. The number of nitrogens with zero attached hydrogens (tertiary/aromatic N) is 2. The molecule has 0 bridgehead atoms. The lowest BCUT2D eigenvalue weighted by atomic mass is 10.2. The summed E-state index contributed by atoms with van der Waals surface area (Å²) in [4.78, 5) is 8.90. The van der Waals surface area contributed by atoms with Crippen molar-refractivity contribution >= 4 is 17.5 Å². The van der Waals surface area contributed by atoms with Crippen LogP contribution in [-0.2, 0) is 0 Å². The van der Waals surface area contributed by atoms with Crippen LogP contribution in [0.3, 0.4) is 0 Å². The maximum atomic E-state index is 4.50. The molecule has 0 unspecified atom stereocenters. The average molecular weight is 270 g/mol. The van der Waals surface area contributed by atoms with Crippen molar-refractivity contribution in [2.24, 2.45) is 5.92 Å². The molecule has 0 amide bonds. The third-order valence-electron chi connectivity index (χ3n) is 2.81. The van der Waals surface area contributed by atoms with Crippen LogP contribution in [0, 0.1) is 19.8 Å². The maximum absolute atomic E-state index is 4.50. The van der Waals surface area contributed by atoms with Gasteiger partial charge in [-0.3, -0.25) is 0 Å². The summed E-state index contributed by atoms with van der Waals surface area (Å²) in [6, 6.07) is 10.2. The molecule has 0 atom stereocenters. The molecule has 1 heterocycles. The minimum Gasteiger partial charge on any atom is -0.354 e. The second kappa shape index (κ2) is 6.37. The van der Waals surface area contributed by atoms with Gasteiger partial charge in [0.2, 0.25) is 5.95 Å². The Hall–Kier alpha value is -2.10. The summed E-state index contributed by atoms with van der Waals surface area (Å²) in [5, 5.41) is 6.58. The molecule has 0 fully saturated rings. The average Bonchev–Trinajstić information content (AvgIpc) is 2.35. The van der Waals surface area contributed by atoms with E-state index >= 15 is 0 Å². The zero-order chi connectivity index (χ0) is 14.5. The number of nitrogens with one attached hydrogen (secondary N) is 2. The Bertz CT molecular complexity index is 578. The van der Waals surface area contributed by atoms with Crippen molar-refractivity contribution < 1.29 is 0 Å². The van der Waals surface area contributed by atoms with E-state index < -0.39 is 0 Å². The van der Waals surface area contributed by atoms with Crippen LogP contribution in [0.1, 0.15) is 25.1 Å². The molecule has 1 aromatic heterocycles. The molecular formula is C16H22N4. The van der Waals surface area contributed by atoms with Crippen molar-refractivity contribution in [1.29, 1.82) is 0 Å². The zero-order valence-corrected chi connectivity index (χ0v) is 12.6. The van der Waals surface area contributed by atoms with Gasteiger partial charge in [0.15, 0.2) is 0 Å². The van der Waals surface area contributed by atoms with E-state index in [9.17, 15) is 0 Å². The van der Waals surface area contributed by atoms with Crippen molar-refractivity contribution in [3.8, 4) is 0 Å². The molecule has 4 nitrogen and oxygen atoms in total. The van der Waals surface area contributed by atoms with Crippen LogP contribution in [0.2, 0.25) is 0 Å². The molecule has 0 aliphatic heterocycles. The van der Waals surface area contributed by atoms with Crippen molar-refractivity contribution in [1.82, 2.24) is 9.97 Å². The maximum Gasteiger partial charge on any atom is 0.224 e. The Balaban J connectivity index is 2.15. The van der Waals surface area contributed by atoms with Gasteiger partial charge in [-0.1, -0.05) is 26.0 Å². The highest BCUT2D eigenvalue weighted by Crippen LogP contribution is 2.17. The molecule has 1 aromatic carbocycles. The summed E-state index contributed by atoms with van der Waals surface area (Å²) in [6.45, 7) is 9.24. The molecule has 2 aromatic rings. The van der Waals surface area contributed by atoms with Crippen molar-refractivity contribution in [3.63, 3.8) is 0 Å². The number of benzene rings is 1. The van der Waals surface area contributed by atoms with Gasteiger partial charge in [0.05, 0.1) is 0 Å². The molecule has 0 radical (unpaired) electrons. The smallest absolute Gasteiger partial charge is 0.224 e. The fourth-order valence-corrected chi connectivity index (χ4v) is 1.88. The van der Waals surface area contributed by atoms with E-state index in [4.69, 9.17) is 0 Å². The minimum atomic E-state index is 0.562. The Morgan fingerprint density at radius 2 is 1.90 bits per heavy atom. The van der Waals surface area contributed by atoms with E-state index in [1.807, 2.05) is 25.1 Å². The molecule has 2 rings (SSSR count). The first-order valence-corrected chi connectivity index (χ1v) is 6.96. The molecule has 0 spiro atoms. The van der Waals surface area contributed by atoms with Crippen LogP contribution in [0.5, 0.6) is 0 Å². The summed E-state index contributed by atoms with van der Waals surface area (Å²) >= 11 is 0. The topological polar surface area (TPSA) is 49.8 Å². The molecule has 4 heteroatoms. The van der Waals surface area contributed by atoms with Crippen molar-refractivity contribution in [2.75, 3.05) is 17.2 Å². The standard InChI is InChI=1S/C16H22N4/c1-11(2)10-17-16-18-13(4)9-15(20-16)19-14-7-5-6-12(3)8-14/h5-9,11H,10H2,1-4H3,(H2,17,18,19,20). The number of rotatable bonds is 5. The molecule has 0 saturated carbocycles. The van der Waals surface area contributed by atoms with Gasteiger partial charge < -0.3 is 10.6 Å². The van der Waals surface area contributed by atoms with E-state index in [0.29, 0.717) is 11.9 Å². The Kier molecular flexibility index (Phi) is 4.56. The number of hydrogen-bond donors (Lipinski definition) is 2. The molecule has 0 aliphatic carbocycles.